The second kappa shape index (κ2) is 6.95. The van der Waals surface area contributed by atoms with Gasteiger partial charge >= 0.3 is 0 Å². The van der Waals surface area contributed by atoms with Crippen molar-refractivity contribution in [2.45, 2.75) is 58.5 Å². The van der Waals surface area contributed by atoms with Gasteiger partial charge in [0, 0.05) is 18.3 Å². The average Bonchev–Trinajstić information content (AvgIpc) is 2.40. The first-order valence-electron chi connectivity index (χ1n) is 7.78. The molecule has 1 aromatic rings. The van der Waals surface area contributed by atoms with Crippen molar-refractivity contribution in [3.05, 3.63) is 29.8 Å². The van der Waals surface area contributed by atoms with E-state index in [4.69, 9.17) is 5.73 Å². The fourth-order valence-corrected chi connectivity index (χ4v) is 3.31. The number of nitrogens with zero attached hydrogens (tertiary/aromatic N) is 1. The van der Waals surface area contributed by atoms with Gasteiger partial charge in [-0.05, 0) is 43.4 Å². The number of para-hydroxylation sites is 1. The molecule has 0 aliphatic heterocycles. The van der Waals surface area contributed by atoms with Crippen molar-refractivity contribution in [3.63, 3.8) is 0 Å². The van der Waals surface area contributed by atoms with E-state index in [1.807, 2.05) is 12.1 Å². The Labute approximate surface area is 118 Å². The molecule has 2 atom stereocenters. The number of nitrogens with two attached hydrogens (primary N) is 1. The van der Waals surface area contributed by atoms with Gasteiger partial charge in [0.05, 0.1) is 0 Å². The predicted octanol–water partition coefficient (Wildman–Crippen LogP) is 4.06. The number of rotatable bonds is 5. The zero-order valence-electron chi connectivity index (χ0n) is 12.4. The van der Waals surface area contributed by atoms with Gasteiger partial charge in [-0.15, -0.1) is 0 Å². The van der Waals surface area contributed by atoms with Crippen LogP contribution in [0.5, 0.6) is 0 Å². The summed E-state index contributed by atoms with van der Waals surface area (Å²) in [4.78, 5) is 2.65. The number of nitrogen functional groups attached to an aromatic ring is 1. The molecule has 1 aliphatic rings. The van der Waals surface area contributed by atoms with Gasteiger partial charge in [0.25, 0.3) is 0 Å². The molecule has 1 saturated carbocycles. The number of hydrogen-bond acceptors (Lipinski definition) is 2. The smallest absolute Gasteiger partial charge is 0.0359 e. The van der Waals surface area contributed by atoms with Gasteiger partial charge in [-0.3, -0.25) is 4.90 Å². The monoisotopic (exact) mass is 260 g/mol. The summed E-state index contributed by atoms with van der Waals surface area (Å²) in [6.07, 6.45) is 6.72. The Morgan fingerprint density at radius 3 is 2.74 bits per heavy atom. The Balaban J connectivity index is 2.05. The maximum Gasteiger partial charge on any atom is 0.0359 e. The second-order valence-corrected chi connectivity index (χ2v) is 6.09. The van der Waals surface area contributed by atoms with Gasteiger partial charge in [0.15, 0.2) is 0 Å². The molecule has 2 rings (SSSR count). The summed E-state index contributed by atoms with van der Waals surface area (Å²) in [6, 6.07) is 9.06. The van der Waals surface area contributed by atoms with Crippen LogP contribution in [0.3, 0.4) is 0 Å². The molecule has 1 aromatic carbocycles. The predicted molar refractivity (Wildman–Crippen MR) is 83.0 cm³/mol. The van der Waals surface area contributed by atoms with Crippen LogP contribution in [0, 0.1) is 5.92 Å². The summed E-state index contributed by atoms with van der Waals surface area (Å²) < 4.78 is 0. The summed E-state index contributed by atoms with van der Waals surface area (Å²) in [5.74, 6) is 0.881. The molecular formula is C17H28N2. The Kier molecular flexibility index (Phi) is 5.26. The highest BCUT2D eigenvalue weighted by Crippen LogP contribution is 2.29. The van der Waals surface area contributed by atoms with Crippen molar-refractivity contribution in [3.8, 4) is 0 Å². The lowest BCUT2D eigenvalue weighted by atomic mass is 9.86. The van der Waals surface area contributed by atoms with Gasteiger partial charge in [-0.1, -0.05) is 44.9 Å². The van der Waals surface area contributed by atoms with Crippen LogP contribution < -0.4 is 5.73 Å². The van der Waals surface area contributed by atoms with Crippen molar-refractivity contribution < 1.29 is 0 Å². The first-order chi connectivity index (χ1) is 9.20. The molecule has 0 saturated heterocycles. The first kappa shape index (κ1) is 14.4. The minimum absolute atomic E-state index is 0.753. The molecule has 0 spiro atoms. The van der Waals surface area contributed by atoms with E-state index in [1.54, 1.807) is 0 Å². The van der Waals surface area contributed by atoms with E-state index < -0.39 is 0 Å². The highest BCUT2D eigenvalue weighted by atomic mass is 15.2. The molecule has 106 valence electrons. The molecule has 2 heteroatoms. The van der Waals surface area contributed by atoms with Gasteiger partial charge in [0.2, 0.25) is 0 Å². The van der Waals surface area contributed by atoms with Crippen molar-refractivity contribution in [1.29, 1.82) is 0 Å². The van der Waals surface area contributed by atoms with Crippen LogP contribution in [0.15, 0.2) is 24.3 Å². The molecule has 0 bridgehead atoms. The van der Waals surface area contributed by atoms with Crippen LogP contribution in [0.2, 0.25) is 0 Å². The molecular weight excluding hydrogens is 232 g/mol. The molecule has 2 nitrogen and oxygen atoms in total. The molecule has 2 unspecified atom stereocenters. The minimum atomic E-state index is 0.753. The first-order valence-corrected chi connectivity index (χ1v) is 7.78. The van der Waals surface area contributed by atoms with Gasteiger partial charge in [0.1, 0.15) is 0 Å². The third-order valence-electron chi connectivity index (χ3n) is 4.36. The quantitative estimate of drug-likeness (QED) is 0.809. The summed E-state index contributed by atoms with van der Waals surface area (Å²) in [5, 5.41) is 0. The van der Waals surface area contributed by atoms with Crippen LogP contribution in [0.25, 0.3) is 0 Å². The van der Waals surface area contributed by atoms with E-state index in [1.165, 1.54) is 44.2 Å². The average molecular weight is 260 g/mol. The molecule has 0 aromatic heterocycles. The van der Waals surface area contributed by atoms with Crippen molar-refractivity contribution in [1.82, 2.24) is 4.90 Å². The Bertz CT molecular complexity index is 389. The van der Waals surface area contributed by atoms with Crippen LogP contribution in [0.4, 0.5) is 5.69 Å². The summed E-state index contributed by atoms with van der Waals surface area (Å²) in [6.45, 7) is 6.87. The third kappa shape index (κ3) is 3.97. The standard InChI is InChI=1S/C17H28N2/c1-3-11-19(16-9-6-7-14(2)12-16)13-15-8-4-5-10-17(15)18/h4-5,8,10,14,16H,3,6-7,9,11-13,18H2,1-2H3. The van der Waals surface area contributed by atoms with Crippen LogP contribution in [0.1, 0.15) is 51.5 Å². The number of hydrogen-bond donors (Lipinski definition) is 1. The van der Waals surface area contributed by atoms with Crippen molar-refractivity contribution in [2.75, 3.05) is 12.3 Å². The summed E-state index contributed by atoms with van der Waals surface area (Å²) >= 11 is 0. The van der Waals surface area contributed by atoms with E-state index in [0.29, 0.717) is 0 Å². The van der Waals surface area contributed by atoms with Gasteiger partial charge < -0.3 is 5.73 Å². The van der Waals surface area contributed by atoms with Crippen LogP contribution >= 0.6 is 0 Å². The number of anilines is 1. The molecule has 0 radical (unpaired) electrons. The van der Waals surface area contributed by atoms with Gasteiger partial charge in [-0.2, -0.15) is 0 Å². The highest BCUT2D eigenvalue weighted by molar-refractivity contribution is 5.46. The molecule has 0 amide bonds. The lowest BCUT2D eigenvalue weighted by Gasteiger charge is -2.36. The Morgan fingerprint density at radius 2 is 2.05 bits per heavy atom. The molecule has 0 heterocycles. The van der Waals surface area contributed by atoms with E-state index in [0.717, 1.165) is 24.2 Å². The highest BCUT2D eigenvalue weighted by Gasteiger charge is 2.24. The molecule has 19 heavy (non-hydrogen) atoms. The minimum Gasteiger partial charge on any atom is -0.398 e. The van der Waals surface area contributed by atoms with E-state index in [9.17, 15) is 0 Å². The fourth-order valence-electron chi connectivity index (χ4n) is 3.31. The normalized spacial score (nSPS) is 23.7. The third-order valence-corrected chi connectivity index (χ3v) is 4.36. The van der Waals surface area contributed by atoms with Crippen molar-refractivity contribution in [2.24, 2.45) is 5.92 Å². The lowest BCUT2D eigenvalue weighted by molar-refractivity contribution is 0.127. The topological polar surface area (TPSA) is 29.3 Å². The summed E-state index contributed by atoms with van der Waals surface area (Å²) in [7, 11) is 0. The zero-order chi connectivity index (χ0) is 13.7. The maximum atomic E-state index is 6.10. The maximum absolute atomic E-state index is 6.10. The SMILES string of the molecule is CCCN(Cc1ccccc1N)C1CCCC(C)C1. The van der Waals surface area contributed by atoms with E-state index in [2.05, 4.69) is 30.9 Å². The lowest BCUT2D eigenvalue weighted by Crippen LogP contribution is -2.38. The Hall–Kier alpha value is -1.02. The Morgan fingerprint density at radius 1 is 1.26 bits per heavy atom. The molecule has 1 aliphatic carbocycles. The number of benzene rings is 1. The summed E-state index contributed by atoms with van der Waals surface area (Å²) in [5.41, 5.74) is 8.32. The van der Waals surface area contributed by atoms with E-state index >= 15 is 0 Å². The van der Waals surface area contributed by atoms with Crippen molar-refractivity contribution >= 4 is 5.69 Å². The van der Waals surface area contributed by atoms with Crippen LogP contribution in [-0.4, -0.2) is 17.5 Å². The van der Waals surface area contributed by atoms with Crippen LogP contribution in [-0.2, 0) is 6.54 Å². The fraction of sp³-hybridized carbons (Fsp3) is 0.647. The van der Waals surface area contributed by atoms with Gasteiger partial charge in [-0.25, -0.2) is 0 Å². The second-order valence-electron chi connectivity index (χ2n) is 6.09. The van der Waals surface area contributed by atoms with E-state index in [-0.39, 0.29) is 0 Å². The molecule has 2 N–H and O–H groups in total. The largest absolute Gasteiger partial charge is 0.398 e. The zero-order valence-corrected chi connectivity index (χ0v) is 12.4. The molecule has 1 fully saturated rings.